The van der Waals surface area contributed by atoms with E-state index >= 15 is 0 Å². The summed E-state index contributed by atoms with van der Waals surface area (Å²) >= 11 is 0. The van der Waals surface area contributed by atoms with Gasteiger partial charge >= 0.3 is 5.97 Å². The molecular formula is C15H28N2O2. The molecule has 0 aliphatic heterocycles. The van der Waals surface area contributed by atoms with Crippen LogP contribution in [0.5, 0.6) is 0 Å². The van der Waals surface area contributed by atoms with Crippen LogP contribution >= 0.6 is 0 Å². The number of rotatable bonds is 10. The second-order valence-corrected chi connectivity index (χ2v) is 6.64. The molecule has 0 bridgehead atoms. The maximum atomic E-state index is 11.6. The van der Waals surface area contributed by atoms with Crippen molar-refractivity contribution in [2.24, 2.45) is 11.8 Å². The molecule has 4 heteroatoms. The summed E-state index contributed by atoms with van der Waals surface area (Å²) in [7, 11) is 0. The molecule has 1 atom stereocenters. The summed E-state index contributed by atoms with van der Waals surface area (Å²) < 4.78 is 0. The molecule has 0 aromatic heterocycles. The molecule has 0 heterocycles. The van der Waals surface area contributed by atoms with Crippen LogP contribution < -0.4 is 5.32 Å². The summed E-state index contributed by atoms with van der Waals surface area (Å²) in [5.41, 5.74) is -0.806. The first kappa shape index (κ1) is 14.8. The SMILES string of the molecule is CCCNC(C)(CN(CC1CC1)CC1CC1)C(=O)O. The molecule has 0 radical (unpaired) electrons. The Hall–Kier alpha value is -0.610. The predicted octanol–water partition coefficient (Wildman–Crippen LogP) is 1.95. The Morgan fingerprint density at radius 2 is 1.79 bits per heavy atom. The van der Waals surface area contributed by atoms with Crippen molar-refractivity contribution >= 4 is 5.97 Å². The molecular weight excluding hydrogens is 240 g/mol. The number of carboxylic acid groups (broad SMARTS) is 1. The van der Waals surface area contributed by atoms with E-state index in [0.717, 1.165) is 37.9 Å². The molecule has 2 fully saturated rings. The van der Waals surface area contributed by atoms with E-state index in [2.05, 4.69) is 17.1 Å². The lowest BCUT2D eigenvalue weighted by molar-refractivity contribution is -0.145. The molecule has 0 spiro atoms. The summed E-state index contributed by atoms with van der Waals surface area (Å²) in [6.45, 7) is 7.48. The Balaban J connectivity index is 1.91. The quantitative estimate of drug-likeness (QED) is 0.636. The lowest BCUT2D eigenvalue weighted by atomic mass is 10.0. The van der Waals surface area contributed by atoms with Gasteiger partial charge < -0.3 is 15.3 Å². The summed E-state index contributed by atoms with van der Waals surface area (Å²) in [6.07, 6.45) is 6.27. The van der Waals surface area contributed by atoms with Gasteiger partial charge in [-0.15, -0.1) is 0 Å². The smallest absolute Gasteiger partial charge is 0.324 e. The normalized spacial score (nSPS) is 22.5. The standard InChI is InChI=1S/C15H28N2O2/c1-3-8-16-15(2,14(18)19)11-17(9-12-4-5-12)10-13-6-7-13/h12-13,16H,3-11H2,1-2H3,(H,18,19). The second-order valence-electron chi connectivity index (χ2n) is 6.64. The highest BCUT2D eigenvalue weighted by atomic mass is 16.4. The maximum Gasteiger partial charge on any atom is 0.324 e. The molecule has 0 aromatic carbocycles. The highest BCUT2D eigenvalue weighted by Crippen LogP contribution is 2.34. The van der Waals surface area contributed by atoms with Crippen molar-refractivity contribution < 1.29 is 9.90 Å². The van der Waals surface area contributed by atoms with Gasteiger partial charge in [0, 0.05) is 19.6 Å². The number of carboxylic acids is 1. The molecule has 2 saturated carbocycles. The van der Waals surface area contributed by atoms with E-state index < -0.39 is 11.5 Å². The first-order valence-corrected chi connectivity index (χ1v) is 7.74. The fourth-order valence-electron chi connectivity index (χ4n) is 2.58. The van der Waals surface area contributed by atoms with Crippen molar-refractivity contribution in [2.45, 2.75) is 51.5 Å². The highest BCUT2D eigenvalue weighted by Gasteiger charge is 2.37. The number of aliphatic carboxylic acids is 1. The molecule has 19 heavy (non-hydrogen) atoms. The van der Waals surface area contributed by atoms with E-state index in [4.69, 9.17) is 0 Å². The van der Waals surface area contributed by atoms with E-state index in [9.17, 15) is 9.90 Å². The maximum absolute atomic E-state index is 11.6. The van der Waals surface area contributed by atoms with Gasteiger partial charge in [-0.3, -0.25) is 4.79 Å². The third-order valence-corrected chi connectivity index (χ3v) is 4.20. The van der Waals surface area contributed by atoms with Gasteiger partial charge in [0.05, 0.1) is 0 Å². The molecule has 0 aromatic rings. The number of hydrogen-bond donors (Lipinski definition) is 2. The minimum Gasteiger partial charge on any atom is -0.480 e. The van der Waals surface area contributed by atoms with Gasteiger partial charge in [0.1, 0.15) is 5.54 Å². The zero-order valence-corrected chi connectivity index (χ0v) is 12.3. The Morgan fingerprint density at radius 3 is 2.16 bits per heavy atom. The van der Waals surface area contributed by atoms with Gasteiger partial charge in [-0.25, -0.2) is 0 Å². The van der Waals surface area contributed by atoms with Crippen molar-refractivity contribution in [1.82, 2.24) is 10.2 Å². The fourth-order valence-corrected chi connectivity index (χ4v) is 2.58. The van der Waals surface area contributed by atoms with Crippen molar-refractivity contribution in [3.63, 3.8) is 0 Å². The third kappa shape index (κ3) is 4.77. The molecule has 2 aliphatic carbocycles. The van der Waals surface area contributed by atoms with Crippen LogP contribution in [0.2, 0.25) is 0 Å². The second kappa shape index (κ2) is 6.23. The van der Waals surface area contributed by atoms with Crippen LogP contribution in [0.3, 0.4) is 0 Å². The van der Waals surface area contributed by atoms with E-state index in [1.54, 1.807) is 0 Å². The summed E-state index contributed by atoms with van der Waals surface area (Å²) in [5, 5.41) is 12.7. The number of hydrogen-bond acceptors (Lipinski definition) is 3. The molecule has 110 valence electrons. The first-order chi connectivity index (χ1) is 9.03. The monoisotopic (exact) mass is 268 g/mol. The number of nitrogens with zero attached hydrogens (tertiary/aromatic N) is 1. The predicted molar refractivity (Wildman–Crippen MR) is 76.2 cm³/mol. The molecule has 4 nitrogen and oxygen atoms in total. The van der Waals surface area contributed by atoms with Crippen LogP contribution in [0.4, 0.5) is 0 Å². The fraction of sp³-hybridized carbons (Fsp3) is 0.933. The van der Waals surface area contributed by atoms with Gasteiger partial charge in [-0.1, -0.05) is 6.92 Å². The lowest BCUT2D eigenvalue weighted by Crippen LogP contribution is -2.57. The van der Waals surface area contributed by atoms with Crippen LogP contribution in [0.1, 0.15) is 46.0 Å². The molecule has 2 rings (SSSR count). The topological polar surface area (TPSA) is 52.6 Å². The minimum absolute atomic E-state index is 0.634. The average Bonchev–Trinajstić information content (AvgIpc) is 3.22. The van der Waals surface area contributed by atoms with E-state index in [-0.39, 0.29) is 0 Å². The summed E-state index contributed by atoms with van der Waals surface area (Å²) in [4.78, 5) is 14.0. The van der Waals surface area contributed by atoms with Gasteiger partial charge in [-0.05, 0) is 57.4 Å². The Kier molecular flexibility index (Phi) is 4.85. The van der Waals surface area contributed by atoms with Gasteiger partial charge in [-0.2, -0.15) is 0 Å². The van der Waals surface area contributed by atoms with Crippen molar-refractivity contribution in [2.75, 3.05) is 26.2 Å². The van der Waals surface area contributed by atoms with E-state index in [0.29, 0.717) is 6.54 Å². The van der Waals surface area contributed by atoms with Gasteiger partial charge in [0.25, 0.3) is 0 Å². The lowest BCUT2D eigenvalue weighted by Gasteiger charge is -2.33. The van der Waals surface area contributed by atoms with Crippen molar-refractivity contribution in [1.29, 1.82) is 0 Å². The first-order valence-electron chi connectivity index (χ1n) is 7.74. The molecule has 0 saturated heterocycles. The minimum atomic E-state index is -0.806. The number of carbonyl (C=O) groups is 1. The zero-order chi connectivity index (χ0) is 13.9. The van der Waals surface area contributed by atoms with E-state index in [1.807, 2.05) is 6.92 Å². The van der Waals surface area contributed by atoms with Crippen LogP contribution in [-0.2, 0) is 4.79 Å². The third-order valence-electron chi connectivity index (χ3n) is 4.20. The van der Waals surface area contributed by atoms with Gasteiger partial charge in [0.2, 0.25) is 0 Å². The van der Waals surface area contributed by atoms with Crippen LogP contribution in [0.25, 0.3) is 0 Å². The van der Waals surface area contributed by atoms with Crippen molar-refractivity contribution in [3.8, 4) is 0 Å². The van der Waals surface area contributed by atoms with Gasteiger partial charge in [0.15, 0.2) is 0 Å². The van der Waals surface area contributed by atoms with Crippen LogP contribution in [-0.4, -0.2) is 47.7 Å². The largest absolute Gasteiger partial charge is 0.480 e. The molecule has 2 aliphatic rings. The summed E-state index contributed by atoms with van der Waals surface area (Å²) in [6, 6.07) is 0. The van der Waals surface area contributed by atoms with Crippen LogP contribution in [0, 0.1) is 11.8 Å². The Morgan fingerprint density at radius 1 is 1.26 bits per heavy atom. The van der Waals surface area contributed by atoms with Crippen molar-refractivity contribution in [3.05, 3.63) is 0 Å². The molecule has 0 amide bonds. The Bertz CT molecular complexity index is 299. The van der Waals surface area contributed by atoms with Crippen LogP contribution in [0.15, 0.2) is 0 Å². The molecule has 2 N–H and O–H groups in total. The van der Waals surface area contributed by atoms with E-state index in [1.165, 1.54) is 25.7 Å². The summed E-state index contributed by atoms with van der Waals surface area (Å²) in [5.74, 6) is 0.920. The Labute approximate surface area is 116 Å². The molecule has 1 unspecified atom stereocenters. The zero-order valence-electron chi connectivity index (χ0n) is 12.3. The highest BCUT2D eigenvalue weighted by molar-refractivity contribution is 5.78. The average molecular weight is 268 g/mol. The number of nitrogens with one attached hydrogen (secondary N) is 1.